The van der Waals surface area contributed by atoms with Crippen LogP contribution in [-0.4, -0.2) is 6.71 Å². The lowest BCUT2D eigenvalue weighted by molar-refractivity contribution is 0.754. The molecule has 0 nitrogen and oxygen atoms in total. The van der Waals surface area contributed by atoms with Crippen molar-refractivity contribution in [3.63, 3.8) is 0 Å². The molecule has 0 radical (unpaired) electrons. The minimum atomic E-state index is 0.266. The second-order valence-electron chi connectivity index (χ2n) is 13.3. The molecule has 0 aliphatic heterocycles. The molecular weight excluding hydrogens is 539 g/mol. The zero-order chi connectivity index (χ0) is 30.5. The normalized spacial score (nSPS) is 19.5. The minimum Gasteiger partial charge on any atom is -0.0814 e. The highest BCUT2D eigenvalue weighted by Gasteiger charge is 2.33. The summed E-state index contributed by atoms with van der Waals surface area (Å²) in [5.41, 5.74) is 11.7. The van der Waals surface area contributed by atoms with Gasteiger partial charge < -0.3 is 0 Å². The monoisotopic (exact) mass is 578 g/mol. The Morgan fingerprint density at radius 3 is 2.16 bits per heavy atom. The molecule has 1 heteroatoms. The largest absolute Gasteiger partial charge is 0.215 e. The average molecular weight is 579 g/mol. The van der Waals surface area contributed by atoms with E-state index in [9.17, 15) is 0 Å². The van der Waals surface area contributed by atoms with Gasteiger partial charge in [-0.3, -0.25) is 0 Å². The van der Waals surface area contributed by atoms with E-state index in [0.717, 1.165) is 19.2 Å². The number of fused-ring (bicyclic) bond motifs is 4. The minimum absolute atomic E-state index is 0.266. The van der Waals surface area contributed by atoms with Crippen molar-refractivity contribution in [3.8, 4) is 0 Å². The topological polar surface area (TPSA) is 0 Å². The van der Waals surface area contributed by atoms with Gasteiger partial charge in [0.1, 0.15) is 0 Å². The second-order valence-corrected chi connectivity index (χ2v) is 13.3. The molecule has 0 saturated heterocycles. The lowest BCUT2D eigenvalue weighted by atomic mass is 9.33. The molecule has 0 heterocycles. The zero-order valence-electron chi connectivity index (χ0n) is 26.6. The van der Waals surface area contributed by atoms with Crippen LogP contribution in [0.25, 0.3) is 37.9 Å². The molecule has 0 amide bonds. The van der Waals surface area contributed by atoms with E-state index in [2.05, 4.69) is 154 Å². The van der Waals surface area contributed by atoms with Gasteiger partial charge in [0.2, 0.25) is 6.71 Å². The quantitative estimate of drug-likeness (QED) is 0.144. The van der Waals surface area contributed by atoms with Crippen LogP contribution in [0, 0.1) is 18.8 Å². The average Bonchev–Trinajstić information content (AvgIpc) is 3.07. The Labute approximate surface area is 268 Å². The van der Waals surface area contributed by atoms with Gasteiger partial charge >= 0.3 is 0 Å². The van der Waals surface area contributed by atoms with Crippen LogP contribution in [0.5, 0.6) is 0 Å². The van der Waals surface area contributed by atoms with Crippen molar-refractivity contribution >= 4 is 50.1 Å². The lowest BCUT2D eigenvalue weighted by Crippen LogP contribution is -2.38. The molecule has 3 aliphatic rings. The van der Waals surface area contributed by atoms with E-state index in [0.29, 0.717) is 11.8 Å². The first-order chi connectivity index (χ1) is 22.1. The molecule has 45 heavy (non-hydrogen) atoms. The molecule has 5 aromatic rings. The summed E-state index contributed by atoms with van der Waals surface area (Å²) < 4.78 is 0. The Hall–Kier alpha value is -4.62. The summed E-state index contributed by atoms with van der Waals surface area (Å²) in [5.74, 6) is 0.912. The van der Waals surface area contributed by atoms with Crippen LogP contribution >= 0.6 is 0 Å². The number of benzene rings is 5. The fraction of sp³-hybridized carbons (Fsp3) is 0.182. The maximum absolute atomic E-state index is 2.57. The number of hydrogen-bond acceptors (Lipinski definition) is 0. The number of allylic oxidation sites excluding steroid dienone is 12. The fourth-order valence-corrected chi connectivity index (χ4v) is 8.29. The molecule has 2 atom stereocenters. The second kappa shape index (κ2) is 11.4. The highest BCUT2D eigenvalue weighted by atomic mass is 14.3. The Bertz CT molecular complexity index is 2130. The third-order valence-corrected chi connectivity index (χ3v) is 10.5. The van der Waals surface area contributed by atoms with Gasteiger partial charge in [0, 0.05) is 5.92 Å². The first kappa shape index (κ1) is 27.9. The lowest BCUT2D eigenvalue weighted by Gasteiger charge is -2.32. The van der Waals surface area contributed by atoms with Crippen LogP contribution < -0.4 is 5.46 Å². The van der Waals surface area contributed by atoms with Crippen LogP contribution in [0.4, 0.5) is 0 Å². The van der Waals surface area contributed by atoms with Crippen LogP contribution in [-0.2, 0) is 0 Å². The van der Waals surface area contributed by atoms with Crippen LogP contribution in [0.1, 0.15) is 37.8 Å². The predicted octanol–water partition coefficient (Wildman–Crippen LogP) is 11.1. The molecule has 0 N–H and O–H groups in total. The number of rotatable bonds is 5. The van der Waals surface area contributed by atoms with Crippen molar-refractivity contribution in [2.75, 3.05) is 0 Å². The van der Waals surface area contributed by atoms with Gasteiger partial charge in [-0.05, 0) is 94.0 Å². The molecule has 0 saturated carbocycles. The summed E-state index contributed by atoms with van der Waals surface area (Å²) in [5, 5.41) is 8.06. The van der Waals surface area contributed by atoms with E-state index in [1.54, 1.807) is 0 Å². The maximum Gasteiger partial charge on any atom is 0.215 e. The summed E-state index contributed by atoms with van der Waals surface area (Å²) in [7, 11) is 0. The Morgan fingerprint density at radius 1 is 0.711 bits per heavy atom. The van der Waals surface area contributed by atoms with Gasteiger partial charge in [0.15, 0.2) is 0 Å². The first-order valence-corrected chi connectivity index (χ1v) is 16.6. The first-order valence-electron chi connectivity index (χ1n) is 16.6. The maximum atomic E-state index is 2.57. The van der Waals surface area contributed by atoms with Gasteiger partial charge in [-0.1, -0.05) is 162 Å². The highest BCUT2D eigenvalue weighted by molar-refractivity contribution is 6.83. The Kier molecular flexibility index (Phi) is 7.06. The van der Waals surface area contributed by atoms with Crippen molar-refractivity contribution in [1.29, 1.82) is 0 Å². The van der Waals surface area contributed by atoms with Crippen molar-refractivity contribution < 1.29 is 0 Å². The standard InChI is InChI=1S/C44H39B/c1-29-20-23-32(26-41(29)42-37-16-8-6-14-35(37)27-36-15-7-9-17-38(36)42)28-45(43-30(2)21-24-33-12-4-10-18-39(33)43)44-31(3)22-25-34-13-5-11-19-40(34)44/h4-19,21-24,26-27,29,34H,20,25,28H2,1-3H3. The molecule has 0 aromatic heterocycles. The van der Waals surface area contributed by atoms with E-state index in [1.807, 2.05) is 0 Å². The van der Waals surface area contributed by atoms with Crippen molar-refractivity contribution in [2.45, 2.75) is 39.9 Å². The third kappa shape index (κ3) is 4.86. The fourth-order valence-electron chi connectivity index (χ4n) is 8.29. The number of hydrogen-bond donors (Lipinski definition) is 0. The van der Waals surface area contributed by atoms with E-state index < -0.39 is 0 Å². The number of aryl methyl sites for hydroxylation is 1. The van der Waals surface area contributed by atoms with E-state index >= 15 is 0 Å². The van der Waals surface area contributed by atoms with Gasteiger partial charge in [-0.2, -0.15) is 0 Å². The molecule has 3 aliphatic carbocycles. The van der Waals surface area contributed by atoms with Gasteiger partial charge in [0.25, 0.3) is 0 Å². The molecular formula is C44H39B. The molecule has 8 rings (SSSR count). The molecule has 5 aromatic carbocycles. The summed E-state index contributed by atoms with van der Waals surface area (Å²) in [4.78, 5) is 0. The van der Waals surface area contributed by atoms with Gasteiger partial charge in [-0.15, -0.1) is 0 Å². The SMILES string of the molecule is CC1=CCC2C=CC=CC2=C1B(CC1=CCC(C)C(c2c3ccccc3cc3ccccc23)=C1)c1c(C)ccc2ccccc12. The van der Waals surface area contributed by atoms with Crippen LogP contribution in [0.2, 0.25) is 6.32 Å². The van der Waals surface area contributed by atoms with Gasteiger partial charge in [-0.25, -0.2) is 0 Å². The third-order valence-electron chi connectivity index (χ3n) is 10.5. The highest BCUT2D eigenvalue weighted by Crippen LogP contribution is 2.42. The Morgan fingerprint density at radius 2 is 1.40 bits per heavy atom. The van der Waals surface area contributed by atoms with Crippen LogP contribution in [0.15, 0.2) is 156 Å². The van der Waals surface area contributed by atoms with Crippen LogP contribution in [0.3, 0.4) is 0 Å². The van der Waals surface area contributed by atoms with E-state index in [-0.39, 0.29) is 6.71 Å². The van der Waals surface area contributed by atoms with Gasteiger partial charge in [0.05, 0.1) is 0 Å². The zero-order valence-corrected chi connectivity index (χ0v) is 26.6. The summed E-state index contributed by atoms with van der Waals surface area (Å²) in [6, 6.07) is 33.9. The Balaban J connectivity index is 1.33. The van der Waals surface area contributed by atoms with E-state index in [1.165, 1.54) is 76.7 Å². The van der Waals surface area contributed by atoms with E-state index in [4.69, 9.17) is 0 Å². The predicted molar refractivity (Wildman–Crippen MR) is 197 cm³/mol. The summed E-state index contributed by atoms with van der Waals surface area (Å²) in [6.07, 6.45) is 20.0. The molecule has 0 fully saturated rings. The molecule has 2 unspecified atom stereocenters. The summed E-state index contributed by atoms with van der Waals surface area (Å²) in [6.45, 7) is 7.34. The van der Waals surface area contributed by atoms with Crippen molar-refractivity contribution in [3.05, 3.63) is 167 Å². The molecule has 218 valence electrons. The summed E-state index contributed by atoms with van der Waals surface area (Å²) >= 11 is 0. The smallest absolute Gasteiger partial charge is 0.0814 e. The molecule has 0 spiro atoms. The molecule has 0 bridgehead atoms. The van der Waals surface area contributed by atoms with Crippen molar-refractivity contribution in [2.24, 2.45) is 11.8 Å². The van der Waals surface area contributed by atoms with Crippen molar-refractivity contribution in [1.82, 2.24) is 0 Å².